The summed E-state index contributed by atoms with van der Waals surface area (Å²) < 4.78 is 1.74. The molecule has 1 aromatic heterocycles. The van der Waals surface area contributed by atoms with Crippen LogP contribution in [0.25, 0.3) is 10.9 Å². The number of aryl methyl sites for hydroxylation is 1. The number of benzene rings is 1. The van der Waals surface area contributed by atoms with E-state index in [4.69, 9.17) is 0 Å². The normalized spacial score (nSPS) is 12.5. The first-order valence-corrected chi connectivity index (χ1v) is 7.15. The summed E-state index contributed by atoms with van der Waals surface area (Å²) in [6, 6.07) is 7.99. The smallest absolute Gasteiger partial charge is 0.255 e. The topological polar surface area (TPSA) is 54.3 Å². The minimum absolute atomic E-state index is 0.00986. The molecule has 2 rings (SSSR count). The molecule has 0 amide bonds. The van der Waals surface area contributed by atoms with Crippen LogP contribution in [0.2, 0.25) is 0 Å². The van der Waals surface area contributed by atoms with E-state index < -0.39 is 6.10 Å². The largest absolute Gasteiger partial charge is 0.392 e. The van der Waals surface area contributed by atoms with Crippen LogP contribution in [0.4, 0.5) is 0 Å². The van der Waals surface area contributed by atoms with Gasteiger partial charge in [-0.2, -0.15) is 0 Å². The molecule has 1 aromatic carbocycles. The van der Waals surface area contributed by atoms with E-state index >= 15 is 0 Å². The van der Waals surface area contributed by atoms with Crippen molar-refractivity contribution in [1.82, 2.24) is 9.88 Å². The van der Waals surface area contributed by atoms with Crippen molar-refractivity contribution >= 4 is 10.9 Å². The number of fused-ring (bicyclic) bond motifs is 1. The van der Waals surface area contributed by atoms with Gasteiger partial charge in [-0.15, -0.1) is 6.58 Å². The second kappa shape index (κ2) is 6.70. The average Bonchev–Trinajstić information content (AvgIpc) is 2.42. The zero-order chi connectivity index (χ0) is 15.4. The van der Waals surface area contributed by atoms with Crippen molar-refractivity contribution < 1.29 is 5.11 Å². The Kier molecular flexibility index (Phi) is 4.94. The molecule has 4 heteroatoms. The van der Waals surface area contributed by atoms with Crippen LogP contribution in [0.3, 0.4) is 0 Å². The van der Waals surface area contributed by atoms with Gasteiger partial charge in [0.25, 0.3) is 5.56 Å². The van der Waals surface area contributed by atoms with Gasteiger partial charge in [0.1, 0.15) is 0 Å². The fourth-order valence-corrected chi connectivity index (χ4v) is 2.42. The molecule has 112 valence electrons. The molecule has 0 saturated carbocycles. The van der Waals surface area contributed by atoms with E-state index in [1.807, 2.05) is 25.1 Å². The monoisotopic (exact) mass is 286 g/mol. The Labute approximate surface area is 124 Å². The summed E-state index contributed by atoms with van der Waals surface area (Å²) in [5, 5.41) is 13.4. The molecule has 0 spiro atoms. The molecule has 1 heterocycles. The number of hydrogen-bond acceptors (Lipinski definition) is 3. The van der Waals surface area contributed by atoms with Crippen LogP contribution >= 0.6 is 0 Å². The summed E-state index contributed by atoms with van der Waals surface area (Å²) in [4.78, 5) is 12.5. The van der Waals surface area contributed by atoms with E-state index in [-0.39, 0.29) is 5.56 Å². The molecular weight excluding hydrogens is 264 g/mol. The second-order valence-electron chi connectivity index (χ2n) is 5.42. The third-order valence-electron chi connectivity index (χ3n) is 3.39. The predicted octanol–water partition coefficient (Wildman–Crippen LogP) is 1.97. The van der Waals surface area contributed by atoms with Gasteiger partial charge < -0.3 is 15.0 Å². The minimum Gasteiger partial charge on any atom is -0.392 e. The summed E-state index contributed by atoms with van der Waals surface area (Å²) >= 11 is 0. The third kappa shape index (κ3) is 3.60. The summed E-state index contributed by atoms with van der Waals surface area (Å²) in [5.41, 5.74) is 2.78. The number of rotatable bonds is 6. The van der Waals surface area contributed by atoms with Crippen LogP contribution < -0.4 is 10.9 Å². The van der Waals surface area contributed by atoms with Gasteiger partial charge in [0.2, 0.25) is 0 Å². The van der Waals surface area contributed by atoms with Crippen LogP contribution in [0.1, 0.15) is 18.1 Å². The highest BCUT2D eigenvalue weighted by Crippen LogP contribution is 2.16. The molecule has 0 unspecified atom stereocenters. The van der Waals surface area contributed by atoms with Crippen molar-refractivity contribution in [3.05, 3.63) is 58.4 Å². The van der Waals surface area contributed by atoms with Gasteiger partial charge in [-0.1, -0.05) is 17.7 Å². The van der Waals surface area contributed by atoms with E-state index in [0.29, 0.717) is 25.2 Å². The summed E-state index contributed by atoms with van der Waals surface area (Å²) in [6.07, 6.45) is 1.30. The SMILES string of the molecule is C=CCn1c(=O)c(CNC[C@H](C)O)cc2cc(C)ccc21. The molecule has 0 aliphatic heterocycles. The lowest BCUT2D eigenvalue weighted by Crippen LogP contribution is -2.30. The highest BCUT2D eigenvalue weighted by Gasteiger charge is 2.09. The number of aliphatic hydroxyl groups is 1. The predicted molar refractivity (Wildman–Crippen MR) is 86.5 cm³/mol. The standard InChI is InChI=1S/C17H22N2O2/c1-4-7-19-16-6-5-12(2)8-14(16)9-15(17(19)21)11-18-10-13(3)20/h4-6,8-9,13,18,20H,1,7,10-11H2,2-3H3/t13-/m0/s1. The fourth-order valence-electron chi connectivity index (χ4n) is 2.42. The Bertz CT molecular complexity index is 702. The molecule has 0 aliphatic carbocycles. The lowest BCUT2D eigenvalue weighted by Gasteiger charge is -2.13. The highest BCUT2D eigenvalue weighted by molar-refractivity contribution is 5.80. The van der Waals surface area contributed by atoms with E-state index in [1.54, 1.807) is 17.6 Å². The van der Waals surface area contributed by atoms with Crippen LogP contribution in [-0.4, -0.2) is 22.3 Å². The first-order chi connectivity index (χ1) is 10.0. The Balaban J connectivity index is 2.47. The van der Waals surface area contributed by atoms with Crippen LogP contribution in [-0.2, 0) is 13.1 Å². The number of pyridine rings is 1. The lowest BCUT2D eigenvalue weighted by atomic mass is 10.1. The van der Waals surface area contributed by atoms with Crippen LogP contribution in [0.5, 0.6) is 0 Å². The van der Waals surface area contributed by atoms with Crippen LogP contribution in [0.15, 0.2) is 41.7 Å². The quantitative estimate of drug-likeness (QED) is 0.798. The molecule has 2 N–H and O–H groups in total. The Morgan fingerprint density at radius 2 is 2.19 bits per heavy atom. The molecule has 0 aliphatic rings. The average molecular weight is 286 g/mol. The number of nitrogens with one attached hydrogen (secondary N) is 1. The van der Waals surface area contributed by atoms with Crippen molar-refractivity contribution in [3.8, 4) is 0 Å². The van der Waals surface area contributed by atoms with Gasteiger partial charge in [0.05, 0.1) is 11.6 Å². The molecule has 0 radical (unpaired) electrons. The number of allylic oxidation sites excluding steroid dienone is 1. The van der Waals surface area contributed by atoms with E-state index in [0.717, 1.165) is 16.5 Å². The van der Waals surface area contributed by atoms with Gasteiger partial charge in [-0.25, -0.2) is 0 Å². The van der Waals surface area contributed by atoms with Crippen molar-refractivity contribution in [2.24, 2.45) is 0 Å². The van der Waals surface area contributed by atoms with Crippen molar-refractivity contribution in [1.29, 1.82) is 0 Å². The summed E-state index contributed by atoms with van der Waals surface area (Å²) in [6.45, 7) is 8.88. The van der Waals surface area contributed by atoms with Crippen LogP contribution in [0, 0.1) is 6.92 Å². The second-order valence-corrected chi connectivity index (χ2v) is 5.42. The van der Waals surface area contributed by atoms with Crippen molar-refractivity contribution in [2.75, 3.05) is 6.54 Å². The Hall–Kier alpha value is -1.91. The van der Waals surface area contributed by atoms with Crippen molar-refractivity contribution in [2.45, 2.75) is 33.0 Å². The van der Waals surface area contributed by atoms with Gasteiger partial charge in [0, 0.05) is 25.2 Å². The molecule has 1 atom stereocenters. The maximum atomic E-state index is 12.5. The van der Waals surface area contributed by atoms with Gasteiger partial charge in [-0.05, 0) is 37.4 Å². The number of hydrogen-bond donors (Lipinski definition) is 2. The molecule has 2 aromatic rings. The zero-order valence-corrected chi connectivity index (χ0v) is 12.6. The van der Waals surface area contributed by atoms with Gasteiger partial charge in [0.15, 0.2) is 0 Å². The Morgan fingerprint density at radius 1 is 1.43 bits per heavy atom. The zero-order valence-electron chi connectivity index (χ0n) is 12.6. The molecule has 0 saturated heterocycles. The molecule has 0 bridgehead atoms. The fraction of sp³-hybridized carbons (Fsp3) is 0.353. The maximum Gasteiger partial charge on any atom is 0.255 e. The summed E-state index contributed by atoms with van der Waals surface area (Å²) in [5.74, 6) is 0. The van der Waals surface area contributed by atoms with E-state index in [9.17, 15) is 9.90 Å². The van der Waals surface area contributed by atoms with E-state index in [2.05, 4.69) is 18.0 Å². The molecule has 0 fully saturated rings. The highest BCUT2D eigenvalue weighted by atomic mass is 16.3. The van der Waals surface area contributed by atoms with Crippen molar-refractivity contribution in [3.63, 3.8) is 0 Å². The third-order valence-corrected chi connectivity index (χ3v) is 3.39. The number of aliphatic hydroxyl groups excluding tert-OH is 1. The first-order valence-electron chi connectivity index (χ1n) is 7.15. The summed E-state index contributed by atoms with van der Waals surface area (Å²) in [7, 11) is 0. The lowest BCUT2D eigenvalue weighted by molar-refractivity contribution is 0.191. The van der Waals surface area contributed by atoms with Gasteiger partial charge >= 0.3 is 0 Å². The maximum absolute atomic E-state index is 12.5. The van der Waals surface area contributed by atoms with Gasteiger partial charge in [-0.3, -0.25) is 4.79 Å². The Morgan fingerprint density at radius 3 is 2.86 bits per heavy atom. The molecular formula is C17H22N2O2. The molecule has 21 heavy (non-hydrogen) atoms. The van der Waals surface area contributed by atoms with E-state index in [1.165, 1.54) is 0 Å². The minimum atomic E-state index is -0.428. The molecule has 4 nitrogen and oxygen atoms in total. The number of nitrogens with zero attached hydrogens (tertiary/aromatic N) is 1. The first kappa shape index (κ1) is 15.5. The number of aromatic nitrogens is 1.